The maximum absolute atomic E-state index is 11.2. The SMILES string of the molecule is O=C(NI)NC1(c2ccccc2)CC1. The molecule has 2 amide bonds. The van der Waals surface area contributed by atoms with Crippen LogP contribution in [0.15, 0.2) is 30.3 Å². The van der Waals surface area contributed by atoms with E-state index in [0.717, 1.165) is 12.8 Å². The Balaban J connectivity index is 2.14. The predicted octanol–water partition coefficient (Wildman–Crippen LogP) is 2.32. The van der Waals surface area contributed by atoms with Crippen LogP contribution in [0.1, 0.15) is 18.4 Å². The minimum absolute atomic E-state index is 0.101. The maximum atomic E-state index is 11.2. The lowest BCUT2D eigenvalue weighted by molar-refractivity contribution is 0.242. The largest absolute Gasteiger partial charge is 0.328 e. The van der Waals surface area contributed by atoms with Crippen molar-refractivity contribution in [2.45, 2.75) is 18.4 Å². The summed E-state index contributed by atoms with van der Waals surface area (Å²) in [5, 5.41) is 2.98. The van der Waals surface area contributed by atoms with E-state index in [0.29, 0.717) is 0 Å². The smallest absolute Gasteiger partial charge is 0.324 e. The Hall–Kier alpha value is -0.780. The Bertz CT molecular complexity index is 335. The van der Waals surface area contributed by atoms with Gasteiger partial charge in [-0.3, -0.25) is 3.53 Å². The number of rotatable bonds is 2. The van der Waals surface area contributed by atoms with Crippen LogP contribution in [0.3, 0.4) is 0 Å². The molecule has 1 aromatic carbocycles. The second kappa shape index (κ2) is 3.76. The van der Waals surface area contributed by atoms with E-state index in [1.165, 1.54) is 5.56 Å². The minimum atomic E-state index is -0.119. The standard InChI is InChI=1S/C10H11IN2O/c11-13-9(14)12-10(6-7-10)8-4-2-1-3-5-8/h1-5H,6-7H2,(H2,12,13,14). The van der Waals surface area contributed by atoms with Gasteiger partial charge in [0.25, 0.3) is 0 Å². The molecule has 3 nitrogen and oxygen atoms in total. The van der Waals surface area contributed by atoms with Crippen LogP contribution in [-0.4, -0.2) is 6.03 Å². The fourth-order valence-corrected chi connectivity index (χ4v) is 1.74. The second-order valence-electron chi connectivity index (χ2n) is 3.50. The number of nitrogens with one attached hydrogen (secondary N) is 2. The summed E-state index contributed by atoms with van der Waals surface area (Å²) in [6.45, 7) is 0. The third-order valence-electron chi connectivity index (χ3n) is 2.52. The molecule has 0 heterocycles. The number of hydrogen-bond acceptors (Lipinski definition) is 1. The molecule has 1 aliphatic carbocycles. The molecule has 1 saturated carbocycles. The van der Waals surface area contributed by atoms with Crippen LogP contribution < -0.4 is 8.85 Å². The summed E-state index contributed by atoms with van der Waals surface area (Å²) in [7, 11) is 0. The topological polar surface area (TPSA) is 41.1 Å². The van der Waals surface area contributed by atoms with Gasteiger partial charge >= 0.3 is 6.03 Å². The van der Waals surface area contributed by atoms with E-state index in [4.69, 9.17) is 0 Å². The molecule has 1 aliphatic rings. The zero-order chi connectivity index (χ0) is 10.0. The fourth-order valence-electron chi connectivity index (χ4n) is 1.61. The van der Waals surface area contributed by atoms with Crippen molar-refractivity contribution in [3.8, 4) is 0 Å². The van der Waals surface area contributed by atoms with Gasteiger partial charge in [-0.25, -0.2) is 4.79 Å². The van der Waals surface area contributed by atoms with Crippen molar-refractivity contribution in [2.75, 3.05) is 0 Å². The number of carbonyl (C=O) groups is 1. The quantitative estimate of drug-likeness (QED) is 0.639. The summed E-state index contributed by atoms with van der Waals surface area (Å²) in [5.41, 5.74) is 1.09. The molecule has 1 fully saturated rings. The summed E-state index contributed by atoms with van der Waals surface area (Å²) < 4.78 is 2.55. The normalized spacial score (nSPS) is 17.2. The van der Waals surface area contributed by atoms with Crippen molar-refractivity contribution < 1.29 is 4.79 Å². The molecule has 0 bridgehead atoms. The molecule has 0 radical (unpaired) electrons. The van der Waals surface area contributed by atoms with Crippen LogP contribution in [0, 0.1) is 0 Å². The van der Waals surface area contributed by atoms with Crippen molar-refractivity contribution in [3.05, 3.63) is 35.9 Å². The highest BCUT2D eigenvalue weighted by atomic mass is 127. The summed E-state index contributed by atoms with van der Waals surface area (Å²) in [5.74, 6) is 0. The lowest BCUT2D eigenvalue weighted by Gasteiger charge is -2.16. The molecule has 14 heavy (non-hydrogen) atoms. The third kappa shape index (κ3) is 1.84. The number of halogens is 1. The third-order valence-corrected chi connectivity index (χ3v) is 3.00. The molecule has 0 saturated heterocycles. The second-order valence-corrected chi connectivity index (χ2v) is 4.04. The highest BCUT2D eigenvalue weighted by Gasteiger charge is 2.45. The number of amides is 2. The summed E-state index contributed by atoms with van der Waals surface area (Å²) >= 11 is 1.84. The fraction of sp³-hybridized carbons (Fsp3) is 0.300. The summed E-state index contributed by atoms with van der Waals surface area (Å²) in [6, 6.07) is 9.98. The molecular weight excluding hydrogens is 291 g/mol. The van der Waals surface area contributed by atoms with Gasteiger partial charge in [-0.1, -0.05) is 30.3 Å². The molecule has 0 spiro atoms. The average molecular weight is 302 g/mol. The van der Waals surface area contributed by atoms with Gasteiger partial charge in [-0.2, -0.15) is 0 Å². The zero-order valence-electron chi connectivity index (χ0n) is 7.59. The van der Waals surface area contributed by atoms with Crippen molar-refractivity contribution in [1.82, 2.24) is 8.85 Å². The molecule has 1 aromatic rings. The Labute approximate surface area is 96.8 Å². The first-order valence-electron chi connectivity index (χ1n) is 4.51. The Kier molecular flexibility index (Phi) is 2.62. The van der Waals surface area contributed by atoms with E-state index in [9.17, 15) is 4.79 Å². The molecule has 0 aromatic heterocycles. The highest BCUT2D eigenvalue weighted by Crippen LogP contribution is 2.45. The first kappa shape index (κ1) is 9.76. The molecule has 0 atom stereocenters. The number of hydrogen-bond donors (Lipinski definition) is 2. The van der Waals surface area contributed by atoms with E-state index < -0.39 is 0 Å². The average Bonchev–Trinajstić information content (AvgIpc) is 3.00. The van der Waals surface area contributed by atoms with E-state index in [-0.39, 0.29) is 11.6 Å². The zero-order valence-corrected chi connectivity index (χ0v) is 9.74. The van der Waals surface area contributed by atoms with E-state index >= 15 is 0 Å². The lowest BCUT2D eigenvalue weighted by Crippen LogP contribution is -2.38. The van der Waals surface area contributed by atoms with Crippen LogP contribution in [0.5, 0.6) is 0 Å². The molecule has 2 N–H and O–H groups in total. The van der Waals surface area contributed by atoms with Gasteiger partial charge in [-0.05, 0) is 18.4 Å². The first-order valence-corrected chi connectivity index (χ1v) is 5.59. The van der Waals surface area contributed by atoms with Gasteiger partial charge in [0.1, 0.15) is 0 Å². The van der Waals surface area contributed by atoms with Gasteiger partial charge in [0, 0.05) is 0 Å². The van der Waals surface area contributed by atoms with E-state index in [2.05, 4.69) is 21.0 Å². The van der Waals surface area contributed by atoms with Gasteiger partial charge in [0.2, 0.25) is 0 Å². The molecule has 2 rings (SSSR count). The first-order chi connectivity index (χ1) is 6.77. The summed E-state index contributed by atoms with van der Waals surface area (Å²) in [4.78, 5) is 11.2. The van der Waals surface area contributed by atoms with Crippen molar-refractivity contribution in [2.24, 2.45) is 0 Å². The molecule has 0 aliphatic heterocycles. The van der Waals surface area contributed by atoms with Crippen LogP contribution >= 0.6 is 22.9 Å². The predicted molar refractivity (Wildman–Crippen MR) is 63.0 cm³/mol. The lowest BCUT2D eigenvalue weighted by atomic mass is 10.1. The maximum Gasteiger partial charge on any atom is 0.324 e. The van der Waals surface area contributed by atoms with Crippen molar-refractivity contribution in [3.63, 3.8) is 0 Å². The van der Waals surface area contributed by atoms with E-state index in [1.807, 2.05) is 41.1 Å². The van der Waals surface area contributed by atoms with Gasteiger partial charge < -0.3 is 5.32 Å². The van der Waals surface area contributed by atoms with Crippen LogP contribution in [0.4, 0.5) is 4.79 Å². The van der Waals surface area contributed by atoms with E-state index in [1.54, 1.807) is 0 Å². The molecular formula is C10H11IN2O. The van der Waals surface area contributed by atoms with Crippen molar-refractivity contribution in [1.29, 1.82) is 0 Å². The monoisotopic (exact) mass is 302 g/mol. The van der Waals surface area contributed by atoms with Crippen LogP contribution in [-0.2, 0) is 5.54 Å². The Morgan fingerprint density at radius 1 is 1.29 bits per heavy atom. The molecule has 74 valence electrons. The molecule has 4 heteroatoms. The van der Waals surface area contributed by atoms with Gasteiger partial charge in [0.15, 0.2) is 0 Å². The number of benzene rings is 1. The minimum Gasteiger partial charge on any atom is -0.328 e. The highest BCUT2D eigenvalue weighted by molar-refractivity contribution is 14.1. The van der Waals surface area contributed by atoms with Gasteiger partial charge in [-0.15, -0.1) is 0 Å². The number of carbonyl (C=O) groups excluding carboxylic acids is 1. The number of urea groups is 1. The van der Waals surface area contributed by atoms with Crippen molar-refractivity contribution >= 4 is 28.9 Å². The van der Waals surface area contributed by atoms with Crippen LogP contribution in [0.25, 0.3) is 0 Å². The van der Waals surface area contributed by atoms with Gasteiger partial charge in [0.05, 0.1) is 28.4 Å². The summed E-state index contributed by atoms with van der Waals surface area (Å²) in [6.07, 6.45) is 2.06. The van der Waals surface area contributed by atoms with Crippen LogP contribution in [0.2, 0.25) is 0 Å². The molecule has 0 unspecified atom stereocenters. The Morgan fingerprint density at radius 3 is 2.43 bits per heavy atom. The Morgan fingerprint density at radius 2 is 1.93 bits per heavy atom.